The first kappa shape index (κ1) is 32.5. The van der Waals surface area contributed by atoms with Crippen molar-refractivity contribution in [3.8, 4) is 11.5 Å². The van der Waals surface area contributed by atoms with Gasteiger partial charge in [-0.2, -0.15) is 0 Å². The second kappa shape index (κ2) is 14.7. The van der Waals surface area contributed by atoms with Gasteiger partial charge in [0.25, 0.3) is 10.0 Å². The summed E-state index contributed by atoms with van der Waals surface area (Å²) < 4.78 is 39.9. The van der Waals surface area contributed by atoms with Crippen molar-refractivity contribution in [1.29, 1.82) is 0 Å². The largest absolute Gasteiger partial charge is 0.493 e. The van der Waals surface area contributed by atoms with E-state index in [0.717, 1.165) is 21.9 Å². The monoisotopic (exact) mass is 595 g/mol. The third-order valence-corrected chi connectivity index (χ3v) is 9.02. The van der Waals surface area contributed by atoms with Gasteiger partial charge in [0.1, 0.15) is 12.6 Å². The molecule has 0 radical (unpaired) electrons. The van der Waals surface area contributed by atoms with E-state index in [1.807, 2.05) is 52.0 Å². The topological polar surface area (TPSA) is 105 Å². The first-order valence-electron chi connectivity index (χ1n) is 14.0. The number of hydrogen-bond acceptors (Lipinski definition) is 6. The molecule has 3 aromatic rings. The van der Waals surface area contributed by atoms with E-state index in [2.05, 4.69) is 5.32 Å². The van der Waals surface area contributed by atoms with Crippen LogP contribution in [0.15, 0.2) is 77.7 Å². The molecule has 0 unspecified atom stereocenters. The van der Waals surface area contributed by atoms with Crippen LogP contribution < -0.4 is 19.1 Å². The summed E-state index contributed by atoms with van der Waals surface area (Å²) in [5, 5.41) is 2.99. The van der Waals surface area contributed by atoms with Crippen molar-refractivity contribution in [2.45, 2.75) is 64.1 Å². The highest BCUT2D eigenvalue weighted by Crippen LogP contribution is 2.32. The van der Waals surface area contributed by atoms with Gasteiger partial charge in [-0.25, -0.2) is 8.42 Å². The number of sulfonamides is 1. The van der Waals surface area contributed by atoms with E-state index in [0.29, 0.717) is 17.9 Å². The molecule has 10 heteroatoms. The molecule has 0 fully saturated rings. The van der Waals surface area contributed by atoms with Gasteiger partial charge in [-0.1, -0.05) is 56.3 Å². The highest BCUT2D eigenvalue weighted by Gasteiger charge is 2.34. The lowest BCUT2D eigenvalue weighted by Crippen LogP contribution is -2.53. The number of carbonyl (C=O) groups is 2. The van der Waals surface area contributed by atoms with Crippen molar-refractivity contribution >= 4 is 27.5 Å². The molecule has 1 N–H and O–H groups in total. The van der Waals surface area contributed by atoms with Crippen LogP contribution in [-0.2, 0) is 26.2 Å². The van der Waals surface area contributed by atoms with E-state index in [-0.39, 0.29) is 29.1 Å². The minimum absolute atomic E-state index is 0.0659. The summed E-state index contributed by atoms with van der Waals surface area (Å²) in [6.07, 6.45) is 1.09. The Labute approximate surface area is 249 Å². The molecule has 0 bridgehead atoms. The molecule has 3 rings (SSSR count). The fraction of sp³-hybridized carbons (Fsp3) is 0.375. The zero-order valence-corrected chi connectivity index (χ0v) is 26.0. The van der Waals surface area contributed by atoms with Gasteiger partial charge >= 0.3 is 0 Å². The Morgan fingerprint density at radius 3 is 2.12 bits per heavy atom. The van der Waals surface area contributed by atoms with Crippen molar-refractivity contribution in [3.05, 3.63) is 83.9 Å². The SMILES string of the molecule is CC[C@H](C)NC(=O)[C@H](CC)N(Cc1ccccc1C)C(=O)CN(c1ccccc1)S(=O)(=O)c1ccc(OC)c(OC)c1. The van der Waals surface area contributed by atoms with E-state index >= 15 is 0 Å². The molecule has 0 saturated heterocycles. The van der Waals surface area contributed by atoms with E-state index in [1.165, 1.54) is 37.3 Å². The van der Waals surface area contributed by atoms with Gasteiger partial charge in [0.05, 0.1) is 24.8 Å². The van der Waals surface area contributed by atoms with Gasteiger partial charge in [-0.05, 0) is 62.1 Å². The number of nitrogens with zero attached hydrogens (tertiary/aromatic N) is 2. The Hall–Kier alpha value is -4.05. The standard InChI is InChI=1S/C32H41N3O6S/c1-7-24(4)33-32(37)28(8-2)34(21-25-15-13-12-14-23(25)3)31(36)22-35(26-16-10-9-11-17-26)42(38,39)27-18-19-29(40-5)30(20-27)41-6/h9-20,24,28H,7-8,21-22H2,1-6H3,(H,33,37)/t24-,28-/m0/s1. The maximum Gasteiger partial charge on any atom is 0.264 e. The molecule has 9 nitrogen and oxygen atoms in total. The van der Waals surface area contributed by atoms with Crippen LogP contribution in [0, 0.1) is 6.92 Å². The molecule has 2 atom stereocenters. The number of nitrogens with one attached hydrogen (secondary N) is 1. The summed E-state index contributed by atoms with van der Waals surface area (Å²) in [7, 11) is -1.36. The number of hydrogen-bond donors (Lipinski definition) is 1. The fourth-order valence-corrected chi connectivity index (χ4v) is 5.99. The van der Waals surface area contributed by atoms with Crippen molar-refractivity contribution in [2.75, 3.05) is 25.1 Å². The van der Waals surface area contributed by atoms with Gasteiger partial charge in [0.2, 0.25) is 11.8 Å². The lowest BCUT2D eigenvalue weighted by Gasteiger charge is -2.34. The molecule has 0 aromatic heterocycles. The van der Waals surface area contributed by atoms with E-state index in [4.69, 9.17) is 9.47 Å². The molecule has 0 saturated carbocycles. The Kier molecular flexibility index (Phi) is 11.4. The van der Waals surface area contributed by atoms with Crippen LogP contribution in [0.1, 0.15) is 44.7 Å². The highest BCUT2D eigenvalue weighted by molar-refractivity contribution is 7.92. The molecule has 0 aliphatic heterocycles. The quantitative estimate of drug-likeness (QED) is 0.283. The Morgan fingerprint density at radius 1 is 0.881 bits per heavy atom. The number of anilines is 1. The minimum atomic E-state index is -4.25. The molecule has 0 aliphatic carbocycles. The second-order valence-corrected chi connectivity index (χ2v) is 11.9. The third kappa shape index (κ3) is 7.61. The van der Waals surface area contributed by atoms with Crippen molar-refractivity contribution < 1.29 is 27.5 Å². The predicted molar refractivity (Wildman–Crippen MR) is 164 cm³/mol. The molecule has 0 spiro atoms. The third-order valence-electron chi connectivity index (χ3n) is 7.25. The first-order chi connectivity index (χ1) is 20.1. The summed E-state index contributed by atoms with van der Waals surface area (Å²) in [5.41, 5.74) is 2.15. The molecule has 0 aliphatic rings. The molecule has 226 valence electrons. The zero-order chi connectivity index (χ0) is 30.9. The number of methoxy groups -OCH3 is 2. The molecule has 2 amide bonds. The molecular formula is C32H41N3O6S. The van der Waals surface area contributed by atoms with Crippen LogP contribution in [0.2, 0.25) is 0 Å². The summed E-state index contributed by atoms with van der Waals surface area (Å²) in [5.74, 6) is -0.159. The van der Waals surface area contributed by atoms with Crippen molar-refractivity contribution in [1.82, 2.24) is 10.2 Å². The lowest BCUT2D eigenvalue weighted by molar-refractivity contribution is -0.140. The van der Waals surface area contributed by atoms with Crippen molar-refractivity contribution in [3.63, 3.8) is 0 Å². The van der Waals surface area contributed by atoms with Gasteiger partial charge < -0.3 is 19.7 Å². The first-order valence-corrected chi connectivity index (χ1v) is 15.4. The van der Waals surface area contributed by atoms with Crippen LogP contribution in [0.5, 0.6) is 11.5 Å². The van der Waals surface area contributed by atoms with E-state index in [9.17, 15) is 18.0 Å². The second-order valence-electron chi connectivity index (χ2n) is 10.1. The van der Waals surface area contributed by atoms with E-state index in [1.54, 1.807) is 30.3 Å². The molecule has 0 heterocycles. The summed E-state index contributed by atoms with van der Waals surface area (Å²) in [6, 6.07) is 19.5. The summed E-state index contributed by atoms with van der Waals surface area (Å²) in [4.78, 5) is 29.0. The minimum Gasteiger partial charge on any atom is -0.493 e. The average molecular weight is 596 g/mol. The lowest BCUT2D eigenvalue weighted by atomic mass is 10.1. The Balaban J connectivity index is 2.08. The Bertz CT molecular complexity index is 1460. The zero-order valence-electron chi connectivity index (χ0n) is 25.2. The normalized spacial score (nSPS) is 12.6. The van der Waals surface area contributed by atoms with E-state index < -0.39 is 28.5 Å². The predicted octanol–water partition coefficient (Wildman–Crippen LogP) is 4.93. The summed E-state index contributed by atoms with van der Waals surface area (Å²) >= 11 is 0. The number of benzene rings is 3. The molecular weight excluding hydrogens is 554 g/mol. The van der Waals surface area contributed by atoms with Crippen LogP contribution >= 0.6 is 0 Å². The maximum absolute atomic E-state index is 14.2. The van der Waals surface area contributed by atoms with Crippen LogP contribution in [0.25, 0.3) is 0 Å². The number of amides is 2. The Morgan fingerprint density at radius 2 is 1.52 bits per heavy atom. The average Bonchev–Trinajstić information content (AvgIpc) is 3.00. The van der Waals surface area contributed by atoms with Crippen molar-refractivity contribution in [2.24, 2.45) is 0 Å². The number of ether oxygens (including phenoxy) is 2. The van der Waals surface area contributed by atoms with Crippen LogP contribution in [0.4, 0.5) is 5.69 Å². The van der Waals surface area contributed by atoms with Crippen LogP contribution in [0.3, 0.4) is 0 Å². The van der Waals surface area contributed by atoms with Gasteiger partial charge in [0, 0.05) is 18.7 Å². The van der Waals surface area contributed by atoms with Crippen LogP contribution in [-0.4, -0.2) is 58.0 Å². The van der Waals surface area contributed by atoms with Gasteiger partial charge in [0.15, 0.2) is 11.5 Å². The molecule has 3 aromatic carbocycles. The van der Waals surface area contributed by atoms with Gasteiger partial charge in [-0.3, -0.25) is 13.9 Å². The number of carbonyl (C=O) groups excluding carboxylic acids is 2. The van der Waals surface area contributed by atoms with Gasteiger partial charge in [-0.15, -0.1) is 0 Å². The maximum atomic E-state index is 14.2. The molecule has 42 heavy (non-hydrogen) atoms. The smallest absolute Gasteiger partial charge is 0.264 e. The highest BCUT2D eigenvalue weighted by atomic mass is 32.2. The number of aryl methyl sites for hydroxylation is 1. The number of rotatable bonds is 14. The fourth-order valence-electron chi connectivity index (χ4n) is 4.56. The number of para-hydroxylation sites is 1. The summed E-state index contributed by atoms with van der Waals surface area (Å²) in [6.45, 7) is 7.30.